The van der Waals surface area contributed by atoms with Gasteiger partial charge in [-0.1, -0.05) is 0 Å². The number of ether oxygens (including phenoxy) is 1. The molecule has 3 nitrogen and oxygen atoms in total. The van der Waals surface area contributed by atoms with Gasteiger partial charge in [0.05, 0.1) is 18.6 Å². The van der Waals surface area contributed by atoms with Crippen LogP contribution in [0.2, 0.25) is 0 Å². The SMILES string of the molecule is ClCC1CN(c2nccs2)CCO1. The Bertz CT molecular complexity index is 255. The number of rotatable bonds is 2. The van der Waals surface area contributed by atoms with Gasteiger partial charge in [0, 0.05) is 24.7 Å². The molecular formula is C8H11ClN2OS. The van der Waals surface area contributed by atoms with Crippen molar-refractivity contribution in [2.45, 2.75) is 6.10 Å². The van der Waals surface area contributed by atoms with Crippen molar-refractivity contribution < 1.29 is 4.74 Å². The number of halogens is 1. The van der Waals surface area contributed by atoms with Gasteiger partial charge in [0.1, 0.15) is 0 Å². The number of aromatic nitrogens is 1. The van der Waals surface area contributed by atoms with E-state index in [-0.39, 0.29) is 6.10 Å². The summed E-state index contributed by atoms with van der Waals surface area (Å²) in [5.74, 6) is 0.557. The Morgan fingerprint density at radius 2 is 2.69 bits per heavy atom. The molecule has 0 radical (unpaired) electrons. The number of anilines is 1. The quantitative estimate of drug-likeness (QED) is 0.705. The first-order chi connectivity index (χ1) is 6.40. The zero-order valence-corrected chi connectivity index (χ0v) is 8.72. The lowest BCUT2D eigenvalue weighted by atomic mass is 10.3. The van der Waals surface area contributed by atoms with Crippen molar-refractivity contribution in [3.05, 3.63) is 11.6 Å². The van der Waals surface area contributed by atoms with Gasteiger partial charge in [-0.3, -0.25) is 0 Å². The Morgan fingerprint density at radius 1 is 1.77 bits per heavy atom. The second kappa shape index (κ2) is 4.26. The van der Waals surface area contributed by atoms with Crippen LogP contribution in [0.4, 0.5) is 5.13 Å². The first-order valence-electron chi connectivity index (χ1n) is 4.22. The summed E-state index contributed by atoms with van der Waals surface area (Å²) in [5.41, 5.74) is 0. The molecule has 2 heterocycles. The lowest BCUT2D eigenvalue weighted by Crippen LogP contribution is -2.43. The molecule has 1 fully saturated rings. The van der Waals surface area contributed by atoms with Crippen LogP contribution >= 0.6 is 22.9 Å². The Labute approximate surface area is 86.3 Å². The van der Waals surface area contributed by atoms with Gasteiger partial charge in [-0.25, -0.2) is 4.98 Å². The molecule has 0 amide bonds. The predicted molar refractivity (Wildman–Crippen MR) is 54.8 cm³/mol. The third-order valence-corrected chi connectivity index (χ3v) is 3.18. The van der Waals surface area contributed by atoms with Crippen molar-refractivity contribution in [2.24, 2.45) is 0 Å². The molecule has 1 aromatic rings. The Morgan fingerprint density at radius 3 is 3.38 bits per heavy atom. The minimum Gasteiger partial charge on any atom is -0.373 e. The van der Waals surface area contributed by atoms with Crippen LogP contribution < -0.4 is 4.90 Å². The third kappa shape index (κ3) is 2.13. The number of thiazole rings is 1. The molecule has 2 rings (SSSR count). The molecular weight excluding hydrogens is 208 g/mol. The minimum absolute atomic E-state index is 0.152. The smallest absolute Gasteiger partial charge is 0.185 e. The molecule has 13 heavy (non-hydrogen) atoms. The molecule has 1 saturated heterocycles. The fourth-order valence-electron chi connectivity index (χ4n) is 1.36. The van der Waals surface area contributed by atoms with E-state index in [0.717, 1.165) is 24.8 Å². The van der Waals surface area contributed by atoms with Gasteiger partial charge in [-0.15, -0.1) is 22.9 Å². The first kappa shape index (κ1) is 9.24. The first-order valence-corrected chi connectivity index (χ1v) is 5.63. The van der Waals surface area contributed by atoms with E-state index in [0.29, 0.717) is 5.88 Å². The fraction of sp³-hybridized carbons (Fsp3) is 0.625. The van der Waals surface area contributed by atoms with Crippen molar-refractivity contribution >= 4 is 28.1 Å². The average molecular weight is 219 g/mol. The summed E-state index contributed by atoms with van der Waals surface area (Å²) in [5, 5.41) is 3.05. The van der Waals surface area contributed by atoms with Crippen LogP contribution in [0.15, 0.2) is 11.6 Å². The van der Waals surface area contributed by atoms with E-state index in [4.69, 9.17) is 16.3 Å². The molecule has 1 atom stereocenters. The van der Waals surface area contributed by atoms with E-state index in [1.54, 1.807) is 11.3 Å². The number of nitrogens with zero attached hydrogens (tertiary/aromatic N) is 2. The Hall–Kier alpha value is -0.320. The number of hydrogen-bond acceptors (Lipinski definition) is 4. The zero-order chi connectivity index (χ0) is 9.10. The van der Waals surface area contributed by atoms with Crippen molar-refractivity contribution in [2.75, 3.05) is 30.5 Å². The van der Waals surface area contributed by atoms with Crippen LogP contribution in [-0.2, 0) is 4.74 Å². The average Bonchev–Trinajstić information content (AvgIpc) is 2.71. The summed E-state index contributed by atoms with van der Waals surface area (Å²) in [4.78, 5) is 6.48. The molecule has 0 bridgehead atoms. The van der Waals surface area contributed by atoms with Crippen molar-refractivity contribution in [1.29, 1.82) is 0 Å². The van der Waals surface area contributed by atoms with Crippen LogP contribution in [0.3, 0.4) is 0 Å². The molecule has 1 unspecified atom stereocenters. The molecule has 1 aliphatic rings. The second-order valence-corrected chi connectivity index (χ2v) is 4.09. The molecule has 0 spiro atoms. The Balaban J connectivity index is 2.00. The maximum absolute atomic E-state index is 5.74. The summed E-state index contributed by atoms with van der Waals surface area (Å²) in [6.07, 6.45) is 1.98. The standard InChI is InChI=1S/C8H11ClN2OS/c9-5-7-6-11(2-3-12-7)8-10-1-4-13-8/h1,4,7H,2-3,5-6H2. The van der Waals surface area contributed by atoms with E-state index < -0.39 is 0 Å². The van der Waals surface area contributed by atoms with Crippen LogP contribution in [0, 0.1) is 0 Å². The summed E-state index contributed by atoms with van der Waals surface area (Å²) < 4.78 is 5.46. The van der Waals surface area contributed by atoms with Crippen molar-refractivity contribution in [3.8, 4) is 0 Å². The second-order valence-electron chi connectivity index (χ2n) is 2.91. The summed E-state index contributed by atoms with van der Waals surface area (Å²) in [6.45, 7) is 2.52. The highest BCUT2D eigenvalue weighted by Crippen LogP contribution is 2.20. The normalized spacial score (nSPS) is 23.5. The third-order valence-electron chi connectivity index (χ3n) is 2.00. The monoisotopic (exact) mass is 218 g/mol. The van der Waals surface area contributed by atoms with E-state index in [2.05, 4.69) is 9.88 Å². The van der Waals surface area contributed by atoms with E-state index in [1.807, 2.05) is 11.6 Å². The van der Waals surface area contributed by atoms with Gasteiger partial charge < -0.3 is 9.64 Å². The highest BCUT2D eigenvalue weighted by Gasteiger charge is 2.20. The predicted octanol–water partition coefficient (Wildman–Crippen LogP) is 1.59. The molecule has 0 saturated carbocycles. The van der Waals surface area contributed by atoms with Crippen molar-refractivity contribution in [1.82, 2.24) is 4.98 Å². The minimum atomic E-state index is 0.152. The number of alkyl halides is 1. The molecule has 0 aromatic carbocycles. The van der Waals surface area contributed by atoms with Gasteiger partial charge in [-0.05, 0) is 0 Å². The van der Waals surface area contributed by atoms with Crippen molar-refractivity contribution in [3.63, 3.8) is 0 Å². The van der Waals surface area contributed by atoms with E-state index in [9.17, 15) is 0 Å². The topological polar surface area (TPSA) is 25.4 Å². The summed E-state index contributed by atoms with van der Waals surface area (Å²) in [7, 11) is 0. The van der Waals surface area contributed by atoms with Crippen LogP contribution in [0.25, 0.3) is 0 Å². The van der Waals surface area contributed by atoms with E-state index in [1.165, 1.54) is 0 Å². The zero-order valence-electron chi connectivity index (χ0n) is 7.15. The number of hydrogen-bond donors (Lipinski definition) is 0. The van der Waals surface area contributed by atoms with Crippen LogP contribution in [-0.4, -0.2) is 36.7 Å². The highest BCUT2D eigenvalue weighted by molar-refractivity contribution is 7.13. The maximum atomic E-state index is 5.74. The van der Waals surface area contributed by atoms with E-state index >= 15 is 0 Å². The highest BCUT2D eigenvalue weighted by atomic mass is 35.5. The molecule has 0 N–H and O–H groups in total. The van der Waals surface area contributed by atoms with Crippen LogP contribution in [0.1, 0.15) is 0 Å². The summed E-state index contributed by atoms with van der Waals surface area (Å²) in [6, 6.07) is 0. The van der Waals surface area contributed by atoms with Gasteiger partial charge >= 0.3 is 0 Å². The van der Waals surface area contributed by atoms with Gasteiger partial charge in [0.15, 0.2) is 5.13 Å². The largest absolute Gasteiger partial charge is 0.373 e. The van der Waals surface area contributed by atoms with Gasteiger partial charge in [0.25, 0.3) is 0 Å². The maximum Gasteiger partial charge on any atom is 0.185 e. The van der Waals surface area contributed by atoms with Gasteiger partial charge in [0.2, 0.25) is 0 Å². The molecule has 5 heteroatoms. The lowest BCUT2D eigenvalue weighted by Gasteiger charge is -2.31. The van der Waals surface area contributed by atoms with Crippen LogP contribution in [0.5, 0.6) is 0 Å². The fourth-order valence-corrected chi connectivity index (χ4v) is 2.23. The molecule has 72 valence electrons. The molecule has 1 aromatic heterocycles. The Kier molecular flexibility index (Phi) is 3.03. The van der Waals surface area contributed by atoms with Gasteiger partial charge in [-0.2, -0.15) is 0 Å². The number of morpholine rings is 1. The summed E-state index contributed by atoms with van der Waals surface area (Å²) >= 11 is 7.40. The molecule has 1 aliphatic heterocycles. The molecule has 0 aliphatic carbocycles. The lowest BCUT2D eigenvalue weighted by molar-refractivity contribution is 0.0554.